The fourth-order valence-corrected chi connectivity index (χ4v) is 2.60. The Labute approximate surface area is 133 Å². The first-order valence-corrected chi connectivity index (χ1v) is 8.19. The number of benzene rings is 1. The summed E-state index contributed by atoms with van der Waals surface area (Å²) in [7, 11) is 1.81. The number of likely N-dealkylation sites (tertiary alicyclic amines) is 1. The zero-order valence-corrected chi connectivity index (χ0v) is 13.7. The van der Waals surface area contributed by atoms with Crippen molar-refractivity contribution in [2.75, 3.05) is 32.0 Å². The summed E-state index contributed by atoms with van der Waals surface area (Å²) in [6.45, 7) is 5.66. The van der Waals surface area contributed by atoms with Crippen molar-refractivity contribution in [3.8, 4) is 0 Å². The van der Waals surface area contributed by atoms with Crippen LogP contribution in [0.15, 0.2) is 29.3 Å². The molecule has 122 valence electrons. The number of hydrogen-bond acceptors (Lipinski definition) is 3. The molecule has 1 aromatic carbocycles. The van der Waals surface area contributed by atoms with Gasteiger partial charge in [0.05, 0.1) is 6.10 Å². The van der Waals surface area contributed by atoms with Gasteiger partial charge in [-0.2, -0.15) is 0 Å². The second kappa shape index (κ2) is 8.63. The smallest absolute Gasteiger partial charge is 0.193 e. The highest BCUT2D eigenvalue weighted by atomic mass is 16.3. The summed E-state index contributed by atoms with van der Waals surface area (Å²) < 4.78 is 0. The van der Waals surface area contributed by atoms with Gasteiger partial charge in [0.25, 0.3) is 0 Å². The number of aliphatic imine (C=N–C) groups is 1. The number of nitrogens with zero attached hydrogens (tertiary/aromatic N) is 2. The van der Waals surface area contributed by atoms with Crippen LogP contribution in [0.5, 0.6) is 0 Å². The first-order chi connectivity index (χ1) is 10.7. The van der Waals surface area contributed by atoms with Crippen molar-refractivity contribution in [1.29, 1.82) is 0 Å². The first kappa shape index (κ1) is 16.6. The monoisotopic (exact) mass is 304 g/mol. The molecule has 2 rings (SSSR count). The summed E-state index contributed by atoms with van der Waals surface area (Å²) in [5.41, 5.74) is 2.40. The van der Waals surface area contributed by atoms with Crippen LogP contribution in [-0.2, 0) is 6.54 Å². The van der Waals surface area contributed by atoms with E-state index in [0.29, 0.717) is 0 Å². The van der Waals surface area contributed by atoms with E-state index in [2.05, 4.69) is 51.7 Å². The normalized spacial score (nSPS) is 16.7. The van der Waals surface area contributed by atoms with Gasteiger partial charge in [-0.3, -0.25) is 4.99 Å². The van der Waals surface area contributed by atoms with Gasteiger partial charge in [0.2, 0.25) is 0 Å². The van der Waals surface area contributed by atoms with E-state index in [1.165, 1.54) is 11.3 Å². The van der Waals surface area contributed by atoms with Gasteiger partial charge in [-0.15, -0.1) is 0 Å². The lowest BCUT2D eigenvalue weighted by atomic mass is 10.1. The highest BCUT2D eigenvalue weighted by Gasteiger charge is 2.19. The van der Waals surface area contributed by atoms with Gasteiger partial charge in [-0.05, 0) is 37.0 Å². The van der Waals surface area contributed by atoms with E-state index < -0.39 is 0 Å². The van der Waals surface area contributed by atoms with Gasteiger partial charge in [0.15, 0.2) is 5.96 Å². The van der Waals surface area contributed by atoms with E-state index in [1.807, 2.05) is 7.05 Å². The minimum atomic E-state index is -0.155. The Morgan fingerprint density at radius 2 is 1.95 bits per heavy atom. The maximum atomic E-state index is 9.58. The maximum absolute atomic E-state index is 9.58. The molecule has 0 radical (unpaired) electrons. The minimum Gasteiger partial charge on any atom is -0.393 e. The molecule has 0 unspecified atom stereocenters. The summed E-state index contributed by atoms with van der Waals surface area (Å²) in [5, 5.41) is 16.4. The van der Waals surface area contributed by atoms with Crippen molar-refractivity contribution < 1.29 is 5.11 Å². The number of rotatable bonds is 5. The van der Waals surface area contributed by atoms with Gasteiger partial charge in [-0.1, -0.05) is 19.1 Å². The molecule has 5 nitrogen and oxygen atoms in total. The van der Waals surface area contributed by atoms with Crippen molar-refractivity contribution in [3.63, 3.8) is 0 Å². The first-order valence-electron chi connectivity index (χ1n) is 8.19. The number of nitrogens with one attached hydrogen (secondary N) is 2. The number of anilines is 1. The molecule has 3 N–H and O–H groups in total. The van der Waals surface area contributed by atoms with Crippen LogP contribution in [-0.4, -0.2) is 48.8 Å². The van der Waals surface area contributed by atoms with Gasteiger partial charge in [0.1, 0.15) is 0 Å². The Bertz CT molecular complexity index is 464. The maximum Gasteiger partial charge on any atom is 0.193 e. The van der Waals surface area contributed by atoms with Crippen LogP contribution in [0.1, 0.15) is 31.7 Å². The highest BCUT2D eigenvalue weighted by Crippen LogP contribution is 2.11. The lowest BCUT2D eigenvalue weighted by Gasteiger charge is -2.32. The van der Waals surface area contributed by atoms with Gasteiger partial charge in [0, 0.05) is 38.9 Å². The second-order valence-electron chi connectivity index (χ2n) is 5.74. The zero-order chi connectivity index (χ0) is 15.8. The quantitative estimate of drug-likeness (QED) is 0.575. The lowest BCUT2D eigenvalue weighted by molar-refractivity contribution is 0.108. The number of aliphatic hydroxyl groups excluding tert-OH is 1. The Hall–Kier alpha value is -1.75. The van der Waals surface area contributed by atoms with E-state index in [4.69, 9.17) is 0 Å². The molecule has 1 saturated heterocycles. The molecule has 22 heavy (non-hydrogen) atoms. The molecule has 5 heteroatoms. The predicted molar refractivity (Wildman–Crippen MR) is 92.2 cm³/mol. The summed E-state index contributed by atoms with van der Waals surface area (Å²) in [4.78, 5) is 6.56. The van der Waals surface area contributed by atoms with Crippen LogP contribution < -0.4 is 10.6 Å². The Morgan fingerprint density at radius 3 is 2.55 bits per heavy atom. The van der Waals surface area contributed by atoms with Crippen LogP contribution in [0, 0.1) is 0 Å². The van der Waals surface area contributed by atoms with Crippen molar-refractivity contribution in [2.24, 2.45) is 4.99 Å². The molecule has 0 atom stereocenters. The molecule has 1 aliphatic rings. The number of hydrogen-bond donors (Lipinski definition) is 3. The van der Waals surface area contributed by atoms with Crippen molar-refractivity contribution in [2.45, 2.75) is 38.8 Å². The topological polar surface area (TPSA) is 59.9 Å². The summed E-state index contributed by atoms with van der Waals surface area (Å²) >= 11 is 0. The van der Waals surface area contributed by atoms with E-state index in [1.54, 1.807) is 0 Å². The molecule has 1 heterocycles. The van der Waals surface area contributed by atoms with Crippen LogP contribution >= 0.6 is 0 Å². The Balaban J connectivity index is 1.83. The molecule has 0 bridgehead atoms. The molecule has 1 aliphatic heterocycles. The molecular weight excluding hydrogens is 276 g/mol. The van der Waals surface area contributed by atoms with Crippen LogP contribution in [0.25, 0.3) is 0 Å². The van der Waals surface area contributed by atoms with Crippen molar-refractivity contribution in [1.82, 2.24) is 10.2 Å². The molecular formula is C17H28N4O. The zero-order valence-electron chi connectivity index (χ0n) is 13.7. The third-order valence-corrected chi connectivity index (χ3v) is 3.96. The van der Waals surface area contributed by atoms with Crippen LogP contribution in [0.3, 0.4) is 0 Å². The average molecular weight is 304 g/mol. The average Bonchev–Trinajstić information content (AvgIpc) is 2.56. The SMILES string of the molecule is CCCNc1ccc(CNC(=NC)N2CCC(O)CC2)cc1. The standard InChI is InChI=1S/C17H28N4O/c1-3-10-19-15-6-4-14(5-7-15)13-20-17(18-2)21-11-8-16(22)9-12-21/h4-7,16,19,22H,3,8-13H2,1-2H3,(H,18,20). The van der Waals surface area contributed by atoms with Gasteiger partial charge >= 0.3 is 0 Å². The summed E-state index contributed by atoms with van der Waals surface area (Å²) in [6.07, 6.45) is 2.61. The lowest BCUT2D eigenvalue weighted by Crippen LogP contribution is -2.46. The molecule has 0 aromatic heterocycles. The third-order valence-electron chi connectivity index (χ3n) is 3.96. The Morgan fingerprint density at radius 1 is 1.27 bits per heavy atom. The summed E-state index contributed by atoms with van der Waals surface area (Å²) in [5.74, 6) is 0.917. The Kier molecular flexibility index (Phi) is 6.52. The minimum absolute atomic E-state index is 0.155. The van der Waals surface area contributed by atoms with E-state index in [9.17, 15) is 5.11 Å². The molecule has 1 fully saturated rings. The number of aliphatic hydroxyl groups is 1. The number of piperidine rings is 1. The van der Waals surface area contributed by atoms with E-state index >= 15 is 0 Å². The largest absolute Gasteiger partial charge is 0.393 e. The van der Waals surface area contributed by atoms with Crippen LogP contribution in [0.4, 0.5) is 5.69 Å². The molecule has 1 aromatic rings. The van der Waals surface area contributed by atoms with Crippen molar-refractivity contribution in [3.05, 3.63) is 29.8 Å². The van der Waals surface area contributed by atoms with Crippen LogP contribution in [0.2, 0.25) is 0 Å². The van der Waals surface area contributed by atoms with E-state index in [-0.39, 0.29) is 6.10 Å². The highest BCUT2D eigenvalue weighted by molar-refractivity contribution is 5.80. The fraction of sp³-hybridized carbons (Fsp3) is 0.588. The molecule has 0 aliphatic carbocycles. The second-order valence-corrected chi connectivity index (χ2v) is 5.74. The van der Waals surface area contributed by atoms with Gasteiger partial charge in [-0.25, -0.2) is 0 Å². The van der Waals surface area contributed by atoms with E-state index in [0.717, 1.165) is 51.4 Å². The fourth-order valence-electron chi connectivity index (χ4n) is 2.60. The molecule has 0 spiro atoms. The third kappa shape index (κ3) is 4.91. The molecule has 0 amide bonds. The summed E-state index contributed by atoms with van der Waals surface area (Å²) in [6, 6.07) is 8.51. The molecule has 0 saturated carbocycles. The van der Waals surface area contributed by atoms with Crippen molar-refractivity contribution >= 4 is 11.6 Å². The number of guanidine groups is 1. The predicted octanol–water partition coefficient (Wildman–Crippen LogP) is 2.04. The van der Waals surface area contributed by atoms with Gasteiger partial charge < -0.3 is 20.6 Å².